The quantitative estimate of drug-likeness (QED) is 0.649. The lowest BCUT2D eigenvalue weighted by Crippen LogP contribution is -2.21. The van der Waals surface area contributed by atoms with E-state index in [1.807, 2.05) is 36.5 Å². The molecule has 1 aliphatic rings. The number of nitrogen functional groups attached to an aromatic ring is 1. The molecule has 1 aromatic heterocycles. The normalized spacial score (nSPS) is 24.6. The summed E-state index contributed by atoms with van der Waals surface area (Å²) in [6.07, 6.45) is 1.16. The molecule has 0 spiro atoms. The van der Waals surface area contributed by atoms with Crippen molar-refractivity contribution in [2.75, 3.05) is 16.9 Å². The first-order chi connectivity index (χ1) is 8.24. The highest BCUT2D eigenvalue weighted by atomic mass is 32.2. The lowest BCUT2D eigenvalue weighted by Gasteiger charge is -2.29. The van der Waals surface area contributed by atoms with Crippen LogP contribution in [-0.4, -0.2) is 26.7 Å². The number of rotatable bonds is 3. The zero-order valence-corrected chi connectivity index (χ0v) is 11.8. The Morgan fingerprint density at radius 3 is 2.88 bits per heavy atom. The first-order valence-corrected chi connectivity index (χ1v) is 7.89. The molecule has 6 heteroatoms. The number of hydrazine groups is 1. The fraction of sp³-hybridized carbons (Fsp3) is 0.636. The summed E-state index contributed by atoms with van der Waals surface area (Å²) >= 11 is 4.00. The van der Waals surface area contributed by atoms with Gasteiger partial charge in [-0.2, -0.15) is 11.8 Å². The molecule has 1 aliphatic heterocycles. The minimum Gasteiger partial charge on any atom is -0.308 e. The molecule has 0 bridgehead atoms. The third-order valence-electron chi connectivity index (χ3n) is 2.73. The number of hydrogen-bond donors (Lipinski definition) is 2. The van der Waals surface area contributed by atoms with Crippen LogP contribution in [0.15, 0.2) is 6.07 Å². The molecule has 2 unspecified atom stereocenters. The molecule has 17 heavy (non-hydrogen) atoms. The van der Waals surface area contributed by atoms with Gasteiger partial charge in [-0.3, -0.25) is 0 Å². The largest absolute Gasteiger partial charge is 0.308 e. The molecule has 1 aromatic rings. The van der Waals surface area contributed by atoms with E-state index in [0.717, 1.165) is 17.9 Å². The van der Waals surface area contributed by atoms with Crippen molar-refractivity contribution in [3.63, 3.8) is 0 Å². The van der Waals surface area contributed by atoms with Crippen LogP contribution in [0, 0.1) is 6.92 Å². The van der Waals surface area contributed by atoms with Gasteiger partial charge >= 0.3 is 0 Å². The number of nitrogens with zero attached hydrogens (tertiary/aromatic N) is 2. The average Bonchev–Trinajstić information content (AvgIpc) is 2.37. The number of anilines is 1. The first-order valence-electron chi connectivity index (χ1n) is 5.80. The smallest absolute Gasteiger partial charge is 0.145 e. The molecule has 0 amide bonds. The third-order valence-corrected chi connectivity index (χ3v) is 5.97. The van der Waals surface area contributed by atoms with Crippen molar-refractivity contribution in [1.29, 1.82) is 0 Å². The third kappa shape index (κ3) is 3.05. The molecule has 1 fully saturated rings. The van der Waals surface area contributed by atoms with Gasteiger partial charge in [0.05, 0.1) is 5.25 Å². The summed E-state index contributed by atoms with van der Waals surface area (Å²) in [7, 11) is 0. The molecule has 0 radical (unpaired) electrons. The van der Waals surface area contributed by atoms with Gasteiger partial charge in [0.1, 0.15) is 11.6 Å². The Balaban J connectivity index is 2.27. The van der Waals surface area contributed by atoms with Crippen LogP contribution in [0.5, 0.6) is 0 Å². The van der Waals surface area contributed by atoms with Gasteiger partial charge in [-0.1, -0.05) is 6.92 Å². The Labute approximate surface area is 111 Å². The summed E-state index contributed by atoms with van der Waals surface area (Å²) in [5.74, 6) is 9.46. The van der Waals surface area contributed by atoms with Crippen molar-refractivity contribution in [3.05, 3.63) is 17.6 Å². The van der Waals surface area contributed by atoms with Crippen LogP contribution < -0.4 is 11.3 Å². The predicted octanol–water partition coefficient (Wildman–Crippen LogP) is 2.37. The van der Waals surface area contributed by atoms with Crippen molar-refractivity contribution < 1.29 is 0 Å². The summed E-state index contributed by atoms with van der Waals surface area (Å²) in [6.45, 7) is 4.21. The first kappa shape index (κ1) is 13.0. The number of thioether (sulfide) groups is 2. The zero-order chi connectivity index (χ0) is 12.3. The van der Waals surface area contributed by atoms with Gasteiger partial charge in [0.2, 0.25) is 0 Å². The second-order valence-electron chi connectivity index (χ2n) is 4.01. The molecule has 0 aromatic carbocycles. The number of nitrogens with two attached hydrogens (primary N) is 1. The Hall–Kier alpha value is -0.460. The highest BCUT2D eigenvalue weighted by Gasteiger charge is 2.28. The van der Waals surface area contributed by atoms with Gasteiger partial charge in [-0.05, 0) is 13.3 Å². The van der Waals surface area contributed by atoms with Crippen LogP contribution in [0.2, 0.25) is 0 Å². The van der Waals surface area contributed by atoms with Crippen molar-refractivity contribution in [3.8, 4) is 0 Å². The topological polar surface area (TPSA) is 63.8 Å². The maximum absolute atomic E-state index is 5.43. The molecule has 0 saturated carbocycles. The Bertz CT molecular complexity index is 386. The van der Waals surface area contributed by atoms with E-state index in [4.69, 9.17) is 5.84 Å². The number of aromatic nitrogens is 2. The zero-order valence-electron chi connectivity index (χ0n) is 10.1. The van der Waals surface area contributed by atoms with Crippen LogP contribution in [-0.2, 0) is 0 Å². The van der Waals surface area contributed by atoms with E-state index in [0.29, 0.717) is 16.3 Å². The lowest BCUT2D eigenvalue weighted by atomic mass is 10.2. The molecular formula is C11H18N4S2. The van der Waals surface area contributed by atoms with Crippen molar-refractivity contribution in [2.24, 2.45) is 5.84 Å². The molecule has 1 saturated heterocycles. The Kier molecular flexibility index (Phi) is 4.53. The molecule has 2 atom stereocenters. The summed E-state index contributed by atoms with van der Waals surface area (Å²) in [4.78, 5) is 9.06. The minimum absolute atomic E-state index is 0.394. The van der Waals surface area contributed by atoms with Crippen molar-refractivity contribution >= 4 is 29.3 Å². The maximum atomic E-state index is 5.43. The molecule has 2 heterocycles. The fourth-order valence-electron chi connectivity index (χ4n) is 1.93. The van der Waals surface area contributed by atoms with Crippen LogP contribution in [0.25, 0.3) is 0 Å². The van der Waals surface area contributed by atoms with E-state index in [1.165, 1.54) is 11.5 Å². The van der Waals surface area contributed by atoms with Crippen LogP contribution in [0.1, 0.15) is 30.1 Å². The lowest BCUT2D eigenvalue weighted by molar-refractivity contribution is 0.746. The van der Waals surface area contributed by atoms with E-state index in [9.17, 15) is 0 Å². The second-order valence-corrected chi connectivity index (χ2v) is 6.60. The van der Waals surface area contributed by atoms with Crippen LogP contribution in [0.4, 0.5) is 5.82 Å². The highest BCUT2D eigenvalue weighted by Crippen LogP contribution is 2.42. The van der Waals surface area contributed by atoms with E-state index < -0.39 is 0 Å². The fourth-order valence-corrected chi connectivity index (χ4v) is 4.93. The van der Waals surface area contributed by atoms with Crippen molar-refractivity contribution in [2.45, 2.75) is 30.8 Å². The summed E-state index contributed by atoms with van der Waals surface area (Å²) in [5, 5.41) is 1.01. The van der Waals surface area contributed by atoms with Gasteiger partial charge in [0, 0.05) is 28.5 Å². The standard InChI is InChI=1S/C11H18N4S2/c1-3-8-10(17-5-4-16-8)11-13-7(2)6-9(14-11)15-12/h6,8,10H,3-5,12H2,1-2H3,(H,13,14,15). The van der Waals surface area contributed by atoms with Gasteiger partial charge in [0.25, 0.3) is 0 Å². The van der Waals surface area contributed by atoms with E-state index >= 15 is 0 Å². The molecule has 94 valence electrons. The molecule has 3 N–H and O–H groups in total. The van der Waals surface area contributed by atoms with Crippen LogP contribution in [0.3, 0.4) is 0 Å². The Morgan fingerprint density at radius 2 is 2.18 bits per heavy atom. The number of aryl methyl sites for hydroxylation is 1. The summed E-state index contributed by atoms with van der Waals surface area (Å²) in [6, 6.07) is 1.87. The number of hydrogen-bond acceptors (Lipinski definition) is 6. The average molecular weight is 270 g/mol. The van der Waals surface area contributed by atoms with E-state index in [-0.39, 0.29) is 0 Å². The molecule has 4 nitrogen and oxygen atoms in total. The van der Waals surface area contributed by atoms with E-state index in [2.05, 4.69) is 22.3 Å². The van der Waals surface area contributed by atoms with Crippen molar-refractivity contribution in [1.82, 2.24) is 9.97 Å². The molecular weight excluding hydrogens is 252 g/mol. The Morgan fingerprint density at radius 1 is 1.41 bits per heavy atom. The predicted molar refractivity (Wildman–Crippen MR) is 76.3 cm³/mol. The van der Waals surface area contributed by atoms with Gasteiger partial charge < -0.3 is 5.43 Å². The minimum atomic E-state index is 0.394. The molecule has 0 aliphatic carbocycles. The van der Waals surface area contributed by atoms with Crippen LogP contribution >= 0.6 is 23.5 Å². The summed E-state index contributed by atoms with van der Waals surface area (Å²) < 4.78 is 0. The van der Waals surface area contributed by atoms with E-state index in [1.54, 1.807) is 0 Å². The van der Waals surface area contributed by atoms with Gasteiger partial charge in [-0.15, -0.1) is 11.8 Å². The second kappa shape index (κ2) is 5.93. The maximum Gasteiger partial charge on any atom is 0.145 e. The van der Waals surface area contributed by atoms with Gasteiger partial charge in [-0.25, -0.2) is 15.8 Å². The van der Waals surface area contributed by atoms with Gasteiger partial charge in [0.15, 0.2) is 0 Å². The molecule has 2 rings (SSSR count). The SMILES string of the molecule is CCC1SCCSC1c1nc(C)cc(NN)n1. The summed E-state index contributed by atoms with van der Waals surface area (Å²) in [5.41, 5.74) is 3.58. The number of nitrogens with one attached hydrogen (secondary N) is 1. The highest BCUT2D eigenvalue weighted by molar-refractivity contribution is 8.06. The monoisotopic (exact) mass is 270 g/mol.